The van der Waals surface area contributed by atoms with Gasteiger partial charge in [0.25, 0.3) is 5.56 Å². The summed E-state index contributed by atoms with van der Waals surface area (Å²) in [5, 5.41) is 9.14. The zero-order valence-electron chi connectivity index (χ0n) is 18.5. The molecule has 1 aliphatic heterocycles. The number of aliphatic hydroxyl groups excluding tert-OH is 1. The maximum Gasteiger partial charge on any atom is 0.416 e. The molecule has 0 bridgehead atoms. The summed E-state index contributed by atoms with van der Waals surface area (Å²) < 4.78 is 41.6. The fourth-order valence-corrected chi connectivity index (χ4v) is 4.31. The molecule has 178 valence electrons. The lowest BCUT2D eigenvalue weighted by Crippen LogP contribution is -2.43. The van der Waals surface area contributed by atoms with Crippen LogP contribution in [-0.4, -0.2) is 26.6 Å². The first kappa shape index (κ1) is 23.7. The van der Waals surface area contributed by atoms with Crippen molar-refractivity contribution in [1.29, 1.82) is 0 Å². The number of rotatable bonds is 6. The molecule has 1 atom stereocenters. The minimum absolute atomic E-state index is 0.0914. The van der Waals surface area contributed by atoms with Crippen molar-refractivity contribution < 1.29 is 18.3 Å². The summed E-state index contributed by atoms with van der Waals surface area (Å²) in [5.41, 5.74) is 0.683. The van der Waals surface area contributed by atoms with Crippen LogP contribution in [0.3, 0.4) is 0 Å². The summed E-state index contributed by atoms with van der Waals surface area (Å²) >= 11 is 0. The second-order valence-electron chi connectivity index (χ2n) is 8.34. The normalized spacial score (nSPS) is 15.7. The third-order valence-electron chi connectivity index (χ3n) is 6.05. The molecule has 3 aromatic rings. The molecule has 0 amide bonds. The Balaban J connectivity index is 1.85. The van der Waals surface area contributed by atoms with Gasteiger partial charge in [0.2, 0.25) is 0 Å². The van der Waals surface area contributed by atoms with Crippen molar-refractivity contribution in [1.82, 2.24) is 9.13 Å². The van der Waals surface area contributed by atoms with E-state index in [4.69, 9.17) is 5.11 Å². The van der Waals surface area contributed by atoms with Crippen LogP contribution in [0.1, 0.15) is 28.7 Å². The molecule has 1 aromatic heterocycles. The van der Waals surface area contributed by atoms with Crippen LogP contribution >= 0.6 is 0 Å². The molecule has 34 heavy (non-hydrogen) atoms. The zero-order valence-corrected chi connectivity index (χ0v) is 18.5. The predicted molar refractivity (Wildman–Crippen MR) is 123 cm³/mol. The topological polar surface area (TPSA) is 76.6 Å². The summed E-state index contributed by atoms with van der Waals surface area (Å²) in [7, 11) is 1.52. The predicted octanol–water partition coefficient (Wildman–Crippen LogP) is 3.48. The molecule has 0 fully saturated rings. The van der Waals surface area contributed by atoms with Crippen LogP contribution in [0.15, 0.2) is 69.2 Å². The molecule has 2 aromatic carbocycles. The number of aromatic nitrogens is 2. The van der Waals surface area contributed by atoms with Crippen LogP contribution in [0.25, 0.3) is 0 Å². The van der Waals surface area contributed by atoms with E-state index in [1.807, 2.05) is 30.3 Å². The summed E-state index contributed by atoms with van der Waals surface area (Å²) in [6.45, 7) is -0.0619. The standard InChI is InChI=1S/C25H24F3N3O3/c1-30-22-20(23(33)31(24(30)34)12-5-13-32)15-18(14-16-6-3-2-4-7-16)21(29-22)17-8-10-19(11-9-17)25(26,27)28/h2-4,6-11,18,32H,5,12-15H2,1H3. The number of alkyl halides is 3. The van der Waals surface area contributed by atoms with Crippen molar-refractivity contribution in [3.05, 3.63) is 97.7 Å². The van der Waals surface area contributed by atoms with E-state index in [1.165, 1.54) is 23.7 Å². The van der Waals surface area contributed by atoms with Crippen LogP contribution in [0.2, 0.25) is 0 Å². The first-order chi connectivity index (χ1) is 16.2. The number of benzene rings is 2. The smallest absolute Gasteiger partial charge is 0.396 e. The van der Waals surface area contributed by atoms with Gasteiger partial charge in [0.1, 0.15) is 5.82 Å². The van der Waals surface area contributed by atoms with E-state index in [0.29, 0.717) is 23.3 Å². The highest BCUT2D eigenvalue weighted by atomic mass is 19.4. The van der Waals surface area contributed by atoms with Gasteiger partial charge >= 0.3 is 11.9 Å². The number of halogens is 3. The number of hydrogen-bond acceptors (Lipinski definition) is 4. The summed E-state index contributed by atoms with van der Waals surface area (Å²) in [4.78, 5) is 30.6. The fourth-order valence-electron chi connectivity index (χ4n) is 4.31. The summed E-state index contributed by atoms with van der Waals surface area (Å²) in [6.07, 6.45) is -3.37. The molecule has 9 heteroatoms. The molecule has 0 spiro atoms. The fraction of sp³-hybridized carbons (Fsp3) is 0.320. The van der Waals surface area contributed by atoms with E-state index in [0.717, 1.165) is 22.3 Å². The van der Waals surface area contributed by atoms with Gasteiger partial charge in [-0.05, 0) is 42.5 Å². The Morgan fingerprint density at radius 2 is 1.74 bits per heavy atom. The van der Waals surface area contributed by atoms with E-state index < -0.39 is 23.0 Å². The molecule has 1 aliphatic rings. The van der Waals surface area contributed by atoms with Crippen molar-refractivity contribution in [2.24, 2.45) is 18.0 Å². The van der Waals surface area contributed by atoms with Gasteiger partial charge in [0.05, 0.1) is 16.8 Å². The largest absolute Gasteiger partial charge is 0.416 e. The summed E-state index contributed by atoms with van der Waals surface area (Å²) in [5.74, 6) is -0.0578. The second kappa shape index (κ2) is 9.42. The maximum atomic E-state index is 13.2. The SMILES string of the molecule is Cn1c2c(c(=O)n(CCCO)c1=O)CC(Cc1ccccc1)C(c1ccc(C(F)(F)F)cc1)=N2. The van der Waals surface area contributed by atoms with Crippen LogP contribution in [-0.2, 0) is 32.6 Å². The van der Waals surface area contributed by atoms with E-state index in [-0.39, 0.29) is 37.7 Å². The van der Waals surface area contributed by atoms with Gasteiger partial charge in [0.15, 0.2) is 0 Å². The monoisotopic (exact) mass is 471 g/mol. The average molecular weight is 471 g/mol. The highest BCUT2D eigenvalue weighted by Crippen LogP contribution is 2.33. The Morgan fingerprint density at radius 3 is 2.35 bits per heavy atom. The average Bonchev–Trinajstić information content (AvgIpc) is 2.82. The van der Waals surface area contributed by atoms with E-state index in [9.17, 15) is 22.8 Å². The molecule has 0 saturated carbocycles. The first-order valence-electron chi connectivity index (χ1n) is 10.9. The van der Waals surface area contributed by atoms with Crippen molar-refractivity contribution in [3.8, 4) is 0 Å². The zero-order chi connectivity index (χ0) is 24.5. The van der Waals surface area contributed by atoms with E-state index in [2.05, 4.69) is 4.99 Å². The van der Waals surface area contributed by atoms with Gasteiger partial charge in [-0.2, -0.15) is 13.2 Å². The lowest BCUT2D eigenvalue weighted by molar-refractivity contribution is -0.137. The Hall–Kier alpha value is -3.46. The number of aliphatic imine (C=N–C) groups is 1. The molecular formula is C25H24F3N3O3. The number of fused-ring (bicyclic) bond motifs is 1. The van der Waals surface area contributed by atoms with E-state index >= 15 is 0 Å². The Labute approximate surface area is 193 Å². The third-order valence-corrected chi connectivity index (χ3v) is 6.05. The Bertz CT molecular complexity index is 1320. The van der Waals surface area contributed by atoms with Crippen LogP contribution < -0.4 is 11.2 Å². The summed E-state index contributed by atoms with van der Waals surface area (Å²) in [6, 6.07) is 14.4. The quantitative estimate of drug-likeness (QED) is 0.598. The molecule has 6 nitrogen and oxygen atoms in total. The van der Waals surface area contributed by atoms with Gasteiger partial charge in [0, 0.05) is 26.1 Å². The first-order valence-corrected chi connectivity index (χ1v) is 10.9. The Morgan fingerprint density at radius 1 is 1.06 bits per heavy atom. The van der Waals surface area contributed by atoms with Gasteiger partial charge in [-0.15, -0.1) is 0 Å². The van der Waals surface area contributed by atoms with Crippen molar-refractivity contribution in [3.63, 3.8) is 0 Å². The van der Waals surface area contributed by atoms with Gasteiger partial charge in [-0.3, -0.25) is 13.9 Å². The minimum Gasteiger partial charge on any atom is -0.396 e. The highest BCUT2D eigenvalue weighted by molar-refractivity contribution is 6.04. The molecule has 2 heterocycles. The van der Waals surface area contributed by atoms with Crippen LogP contribution in [0.4, 0.5) is 19.0 Å². The van der Waals surface area contributed by atoms with E-state index in [1.54, 1.807) is 0 Å². The van der Waals surface area contributed by atoms with Gasteiger partial charge < -0.3 is 5.11 Å². The molecule has 1 unspecified atom stereocenters. The molecular weight excluding hydrogens is 447 g/mol. The number of hydrogen-bond donors (Lipinski definition) is 1. The minimum atomic E-state index is -4.45. The van der Waals surface area contributed by atoms with Crippen LogP contribution in [0.5, 0.6) is 0 Å². The second-order valence-corrected chi connectivity index (χ2v) is 8.34. The molecule has 4 rings (SSSR count). The highest BCUT2D eigenvalue weighted by Gasteiger charge is 2.32. The van der Waals surface area contributed by atoms with Crippen molar-refractivity contribution >= 4 is 11.5 Å². The lowest BCUT2D eigenvalue weighted by atomic mass is 9.84. The van der Waals surface area contributed by atoms with Gasteiger partial charge in [-0.1, -0.05) is 42.5 Å². The van der Waals surface area contributed by atoms with Gasteiger partial charge in [-0.25, -0.2) is 9.79 Å². The molecule has 0 saturated heterocycles. The molecule has 1 N–H and O–H groups in total. The third kappa shape index (κ3) is 4.61. The molecule has 0 aliphatic carbocycles. The maximum absolute atomic E-state index is 13.2. The number of nitrogens with zero attached hydrogens (tertiary/aromatic N) is 3. The number of aliphatic hydroxyl groups is 1. The Kier molecular flexibility index (Phi) is 6.56. The lowest BCUT2D eigenvalue weighted by Gasteiger charge is -2.27. The van der Waals surface area contributed by atoms with Crippen molar-refractivity contribution in [2.45, 2.75) is 32.0 Å². The molecule has 0 radical (unpaired) electrons. The van der Waals surface area contributed by atoms with Crippen LogP contribution in [0, 0.1) is 5.92 Å². The van der Waals surface area contributed by atoms with Crippen molar-refractivity contribution in [2.75, 3.05) is 6.61 Å².